The fourth-order valence-electron chi connectivity index (χ4n) is 3.69. The van der Waals surface area contributed by atoms with Crippen LogP contribution < -0.4 is 5.32 Å². The SMILES string of the molecule is CC(C)C(=O)C1CCCCC1C(=O)NCCN1CCCC1.[HH]. The lowest BCUT2D eigenvalue weighted by atomic mass is 9.74. The molecule has 0 spiro atoms. The maximum atomic E-state index is 12.4. The Kier molecular flexibility index (Phi) is 6.22. The lowest BCUT2D eigenvalue weighted by Gasteiger charge is -2.30. The van der Waals surface area contributed by atoms with Crippen LogP contribution >= 0.6 is 0 Å². The van der Waals surface area contributed by atoms with Crippen molar-refractivity contribution in [3.05, 3.63) is 0 Å². The lowest BCUT2D eigenvalue weighted by molar-refractivity contribution is -0.137. The molecule has 2 aliphatic rings. The third kappa shape index (κ3) is 4.53. The van der Waals surface area contributed by atoms with Crippen molar-refractivity contribution in [2.45, 2.75) is 52.4 Å². The van der Waals surface area contributed by atoms with Gasteiger partial charge in [-0.1, -0.05) is 26.7 Å². The highest BCUT2D eigenvalue weighted by Gasteiger charge is 2.36. The van der Waals surface area contributed by atoms with Gasteiger partial charge in [0.05, 0.1) is 0 Å². The fourth-order valence-corrected chi connectivity index (χ4v) is 3.69. The highest BCUT2D eigenvalue weighted by atomic mass is 16.2. The molecule has 1 saturated carbocycles. The van der Waals surface area contributed by atoms with Crippen LogP contribution in [0, 0.1) is 17.8 Å². The van der Waals surface area contributed by atoms with E-state index in [0.717, 1.165) is 51.9 Å². The zero-order chi connectivity index (χ0) is 15.2. The summed E-state index contributed by atoms with van der Waals surface area (Å²) < 4.78 is 0. The smallest absolute Gasteiger partial charge is 0.223 e. The minimum atomic E-state index is -0.0905. The van der Waals surface area contributed by atoms with Gasteiger partial charge in [0.15, 0.2) is 0 Å². The van der Waals surface area contributed by atoms with E-state index in [1.165, 1.54) is 12.8 Å². The van der Waals surface area contributed by atoms with Gasteiger partial charge in [-0.15, -0.1) is 0 Å². The number of carbonyl (C=O) groups is 2. The second-order valence-electron chi connectivity index (χ2n) is 6.89. The Morgan fingerprint density at radius 1 is 1.10 bits per heavy atom. The monoisotopic (exact) mass is 296 g/mol. The van der Waals surface area contributed by atoms with E-state index in [0.29, 0.717) is 0 Å². The Bertz CT molecular complexity index is 368. The van der Waals surface area contributed by atoms with E-state index in [1.54, 1.807) is 0 Å². The molecule has 2 atom stereocenters. The summed E-state index contributed by atoms with van der Waals surface area (Å²) in [5.41, 5.74) is 0. The molecule has 1 N–H and O–H groups in total. The summed E-state index contributed by atoms with van der Waals surface area (Å²) in [6, 6.07) is 0. The number of amides is 1. The molecular weight excluding hydrogens is 264 g/mol. The van der Waals surface area contributed by atoms with Gasteiger partial charge < -0.3 is 10.2 Å². The van der Waals surface area contributed by atoms with Crippen LogP contribution in [0.1, 0.15) is 53.8 Å². The Balaban J connectivity index is 0.00000242. The predicted molar refractivity (Wildman–Crippen MR) is 86.1 cm³/mol. The highest BCUT2D eigenvalue weighted by Crippen LogP contribution is 2.32. The van der Waals surface area contributed by atoms with E-state index in [2.05, 4.69) is 10.2 Å². The number of rotatable bonds is 6. The molecule has 1 heterocycles. The van der Waals surface area contributed by atoms with Crippen LogP contribution in [-0.2, 0) is 9.59 Å². The van der Waals surface area contributed by atoms with Gasteiger partial charge in [-0.3, -0.25) is 9.59 Å². The third-order valence-electron chi connectivity index (χ3n) is 4.96. The number of nitrogens with zero attached hydrogens (tertiary/aromatic N) is 1. The number of carbonyl (C=O) groups excluding carboxylic acids is 2. The minimum absolute atomic E-state index is 0. The largest absolute Gasteiger partial charge is 0.355 e. The summed E-state index contributed by atoms with van der Waals surface area (Å²) in [4.78, 5) is 27.1. The average molecular weight is 296 g/mol. The van der Waals surface area contributed by atoms with E-state index < -0.39 is 0 Å². The van der Waals surface area contributed by atoms with Crippen molar-refractivity contribution in [1.82, 2.24) is 10.2 Å². The van der Waals surface area contributed by atoms with Gasteiger partial charge in [-0.05, 0) is 38.8 Å². The molecular formula is C17H32N2O2. The van der Waals surface area contributed by atoms with Crippen LogP contribution in [0.3, 0.4) is 0 Å². The maximum absolute atomic E-state index is 12.4. The topological polar surface area (TPSA) is 49.4 Å². The summed E-state index contributed by atoms with van der Waals surface area (Å²) >= 11 is 0. The Morgan fingerprint density at radius 2 is 1.71 bits per heavy atom. The van der Waals surface area contributed by atoms with Crippen molar-refractivity contribution < 1.29 is 11.0 Å². The first-order chi connectivity index (χ1) is 10.1. The molecule has 0 aromatic rings. The van der Waals surface area contributed by atoms with Gasteiger partial charge in [0, 0.05) is 32.3 Å². The first-order valence-corrected chi connectivity index (χ1v) is 8.63. The Labute approximate surface area is 130 Å². The Morgan fingerprint density at radius 3 is 2.33 bits per heavy atom. The quantitative estimate of drug-likeness (QED) is 0.819. The molecule has 1 aliphatic heterocycles. The molecule has 2 unspecified atom stereocenters. The highest BCUT2D eigenvalue weighted by molar-refractivity contribution is 5.89. The first-order valence-electron chi connectivity index (χ1n) is 8.63. The van der Waals surface area contributed by atoms with Crippen LogP contribution in [-0.4, -0.2) is 42.8 Å². The molecule has 4 nitrogen and oxygen atoms in total. The zero-order valence-corrected chi connectivity index (χ0v) is 13.6. The minimum Gasteiger partial charge on any atom is -0.355 e. The van der Waals surface area contributed by atoms with E-state index in [1.807, 2.05) is 13.8 Å². The van der Waals surface area contributed by atoms with Gasteiger partial charge in [-0.2, -0.15) is 0 Å². The van der Waals surface area contributed by atoms with Crippen molar-refractivity contribution >= 4 is 11.7 Å². The molecule has 0 aromatic heterocycles. The second kappa shape index (κ2) is 7.92. The van der Waals surface area contributed by atoms with Crippen LogP contribution in [0.2, 0.25) is 0 Å². The van der Waals surface area contributed by atoms with Gasteiger partial charge in [0.1, 0.15) is 5.78 Å². The molecule has 2 fully saturated rings. The normalized spacial score (nSPS) is 27.0. The summed E-state index contributed by atoms with van der Waals surface area (Å²) in [5.74, 6) is 0.271. The van der Waals surface area contributed by atoms with E-state index in [4.69, 9.17) is 0 Å². The molecule has 122 valence electrons. The van der Waals surface area contributed by atoms with Crippen molar-refractivity contribution in [3.63, 3.8) is 0 Å². The van der Waals surface area contributed by atoms with Crippen LogP contribution in [0.4, 0.5) is 0 Å². The third-order valence-corrected chi connectivity index (χ3v) is 4.96. The Hall–Kier alpha value is -0.900. The van der Waals surface area contributed by atoms with E-state index in [-0.39, 0.29) is 30.9 Å². The number of likely N-dealkylation sites (tertiary alicyclic amines) is 1. The second-order valence-corrected chi connectivity index (χ2v) is 6.89. The van der Waals surface area contributed by atoms with Gasteiger partial charge in [-0.25, -0.2) is 0 Å². The van der Waals surface area contributed by atoms with E-state index in [9.17, 15) is 9.59 Å². The average Bonchev–Trinajstić information content (AvgIpc) is 2.99. The van der Waals surface area contributed by atoms with Gasteiger partial charge in [0.2, 0.25) is 5.91 Å². The van der Waals surface area contributed by atoms with Crippen LogP contribution in [0.5, 0.6) is 0 Å². The van der Waals surface area contributed by atoms with Crippen molar-refractivity contribution in [2.24, 2.45) is 17.8 Å². The van der Waals surface area contributed by atoms with Crippen molar-refractivity contribution in [3.8, 4) is 0 Å². The van der Waals surface area contributed by atoms with Gasteiger partial charge in [0.25, 0.3) is 0 Å². The lowest BCUT2D eigenvalue weighted by Crippen LogP contribution is -2.43. The number of nitrogens with one attached hydrogen (secondary N) is 1. The van der Waals surface area contributed by atoms with Crippen LogP contribution in [0.15, 0.2) is 0 Å². The first kappa shape index (κ1) is 16.5. The predicted octanol–water partition coefficient (Wildman–Crippen LogP) is 2.48. The number of hydrogen-bond donors (Lipinski definition) is 1. The molecule has 2 rings (SSSR count). The number of Topliss-reactive ketones (excluding diaryl/α,β-unsaturated/α-hetero) is 1. The fraction of sp³-hybridized carbons (Fsp3) is 0.882. The van der Waals surface area contributed by atoms with Crippen LogP contribution in [0.25, 0.3) is 0 Å². The van der Waals surface area contributed by atoms with Gasteiger partial charge >= 0.3 is 0 Å². The standard InChI is InChI=1S/C17H30N2O2.H2/c1-13(2)16(20)14-7-3-4-8-15(14)17(21)18-9-12-19-10-5-6-11-19;/h13-15H,3-12H2,1-2H3,(H,18,21);1H. The molecule has 0 radical (unpaired) electrons. The van der Waals surface area contributed by atoms with E-state index >= 15 is 0 Å². The molecule has 1 saturated heterocycles. The summed E-state index contributed by atoms with van der Waals surface area (Å²) in [6.45, 7) is 7.87. The molecule has 0 aromatic carbocycles. The number of ketones is 1. The molecule has 4 heteroatoms. The molecule has 1 aliphatic carbocycles. The zero-order valence-electron chi connectivity index (χ0n) is 13.6. The van der Waals surface area contributed by atoms with Crippen molar-refractivity contribution in [1.29, 1.82) is 0 Å². The molecule has 1 amide bonds. The molecule has 0 bridgehead atoms. The summed E-state index contributed by atoms with van der Waals surface area (Å²) in [5, 5.41) is 3.07. The number of hydrogen-bond acceptors (Lipinski definition) is 3. The maximum Gasteiger partial charge on any atom is 0.223 e. The summed E-state index contributed by atoms with van der Waals surface area (Å²) in [6.07, 6.45) is 6.48. The van der Waals surface area contributed by atoms with Crippen molar-refractivity contribution in [2.75, 3.05) is 26.2 Å². The molecule has 21 heavy (non-hydrogen) atoms. The summed E-state index contributed by atoms with van der Waals surface area (Å²) in [7, 11) is 0.